The van der Waals surface area contributed by atoms with Crippen LogP contribution in [0, 0.1) is 5.92 Å². The number of hydrogen-bond acceptors (Lipinski definition) is 2. The lowest BCUT2D eigenvalue weighted by molar-refractivity contribution is -0.124. The Morgan fingerprint density at radius 2 is 2.47 bits per heavy atom. The first-order valence-corrected chi connectivity index (χ1v) is 5.88. The van der Waals surface area contributed by atoms with Crippen LogP contribution in [0.4, 0.5) is 0 Å². The van der Waals surface area contributed by atoms with Crippen LogP contribution in [0.2, 0.25) is 0 Å². The summed E-state index contributed by atoms with van der Waals surface area (Å²) in [6.45, 7) is 5.29. The van der Waals surface area contributed by atoms with E-state index in [0.717, 1.165) is 17.4 Å². The second kappa shape index (κ2) is 5.90. The van der Waals surface area contributed by atoms with E-state index >= 15 is 0 Å². The largest absolute Gasteiger partial charge is 0.356 e. The zero-order chi connectivity index (χ0) is 11.3. The van der Waals surface area contributed by atoms with E-state index in [1.165, 1.54) is 0 Å². The third-order valence-corrected chi connectivity index (χ3v) is 2.47. The van der Waals surface area contributed by atoms with Crippen LogP contribution < -0.4 is 5.32 Å². The highest BCUT2D eigenvalue weighted by molar-refractivity contribution is 9.10. The van der Waals surface area contributed by atoms with Gasteiger partial charge in [-0.15, -0.1) is 0 Å². The van der Waals surface area contributed by atoms with Gasteiger partial charge in [-0.05, 0) is 22.4 Å². The molecular formula is C10H16BrN3O. The lowest BCUT2D eigenvalue weighted by Crippen LogP contribution is -2.32. The minimum Gasteiger partial charge on any atom is -0.356 e. The molecule has 15 heavy (non-hydrogen) atoms. The van der Waals surface area contributed by atoms with Crippen molar-refractivity contribution in [3.63, 3.8) is 0 Å². The molecule has 0 fully saturated rings. The molecule has 0 aliphatic heterocycles. The van der Waals surface area contributed by atoms with Crippen molar-refractivity contribution >= 4 is 21.8 Å². The highest BCUT2D eigenvalue weighted by atomic mass is 79.9. The molecule has 1 N–H and O–H groups in total. The third-order valence-electron chi connectivity index (χ3n) is 2.06. The van der Waals surface area contributed by atoms with E-state index in [1.54, 1.807) is 10.9 Å². The predicted octanol–water partition coefficient (Wildman–Crippen LogP) is 1.81. The standard InChI is InChI=1S/C10H16BrN3O/c1-3-4-12-10(15)8(2)6-14-7-9(11)5-13-14/h5,7-8H,3-4,6H2,1-2H3,(H,12,15). The first-order valence-electron chi connectivity index (χ1n) is 5.09. The van der Waals surface area contributed by atoms with E-state index in [4.69, 9.17) is 0 Å². The molecule has 0 saturated carbocycles. The summed E-state index contributed by atoms with van der Waals surface area (Å²) in [5.41, 5.74) is 0. The Kier molecular flexibility index (Phi) is 4.81. The molecule has 84 valence electrons. The number of hydrogen-bond donors (Lipinski definition) is 1. The van der Waals surface area contributed by atoms with Crippen LogP contribution in [0.15, 0.2) is 16.9 Å². The molecule has 4 nitrogen and oxygen atoms in total. The monoisotopic (exact) mass is 273 g/mol. The van der Waals surface area contributed by atoms with Crippen molar-refractivity contribution in [1.82, 2.24) is 15.1 Å². The third kappa shape index (κ3) is 4.03. The Labute approximate surface area is 98.2 Å². The molecule has 1 heterocycles. The number of nitrogens with one attached hydrogen (secondary N) is 1. The van der Waals surface area contributed by atoms with Gasteiger partial charge in [0.2, 0.25) is 5.91 Å². The van der Waals surface area contributed by atoms with Crippen molar-refractivity contribution in [3.8, 4) is 0 Å². The van der Waals surface area contributed by atoms with Gasteiger partial charge in [-0.1, -0.05) is 13.8 Å². The van der Waals surface area contributed by atoms with Crippen molar-refractivity contribution < 1.29 is 4.79 Å². The molecule has 0 bridgehead atoms. The summed E-state index contributed by atoms with van der Waals surface area (Å²) < 4.78 is 2.70. The fourth-order valence-corrected chi connectivity index (χ4v) is 1.55. The van der Waals surface area contributed by atoms with Crippen LogP contribution in [0.5, 0.6) is 0 Å². The molecule has 1 amide bonds. The Morgan fingerprint density at radius 3 is 3.00 bits per heavy atom. The maximum Gasteiger partial charge on any atom is 0.224 e. The Morgan fingerprint density at radius 1 is 1.73 bits per heavy atom. The first-order chi connectivity index (χ1) is 7.13. The molecule has 1 aromatic rings. The van der Waals surface area contributed by atoms with Gasteiger partial charge in [0.25, 0.3) is 0 Å². The minimum atomic E-state index is -0.0525. The quantitative estimate of drug-likeness (QED) is 0.890. The first kappa shape index (κ1) is 12.2. The van der Waals surface area contributed by atoms with Crippen LogP contribution in [0.1, 0.15) is 20.3 Å². The van der Waals surface area contributed by atoms with Gasteiger partial charge in [-0.25, -0.2) is 0 Å². The average molecular weight is 274 g/mol. The summed E-state index contributed by atoms with van der Waals surface area (Å²) in [6, 6.07) is 0. The summed E-state index contributed by atoms with van der Waals surface area (Å²) in [4.78, 5) is 11.5. The van der Waals surface area contributed by atoms with E-state index in [0.29, 0.717) is 6.54 Å². The van der Waals surface area contributed by atoms with Crippen LogP contribution in [0.25, 0.3) is 0 Å². The number of nitrogens with zero attached hydrogens (tertiary/aromatic N) is 2. The maximum atomic E-state index is 11.5. The molecular weight excluding hydrogens is 258 g/mol. The topological polar surface area (TPSA) is 46.9 Å². The molecule has 5 heteroatoms. The van der Waals surface area contributed by atoms with Gasteiger partial charge in [0.15, 0.2) is 0 Å². The van der Waals surface area contributed by atoms with Gasteiger partial charge < -0.3 is 5.32 Å². The lowest BCUT2D eigenvalue weighted by atomic mass is 10.1. The molecule has 0 spiro atoms. The molecule has 0 radical (unpaired) electrons. The lowest BCUT2D eigenvalue weighted by Gasteiger charge is -2.11. The Hall–Kier alpha value is -0.840. The second-order valence-electron chi connectivity index (χ2n) is 3.57. The Balaban J connectivity index is 2.41. The van der Waals surface area contributed by atoms with Gasteiger partial charge in [-0.2, -0.15) is 5.10 Å². The second-order valence-corrected chi connectivity index (χ2v) is 4.49. The minimum absolute atomic E-state index is 0.0525. The molecule has 0 saturated heterocycles. The van der Waals surface area contributed by atoms with Crippen LogP contribution >= 0.6 is 15.9 Å². The van der Waals surface area contributed by atoms with Crippen molar-refractivity contribution in [3.05, 3.63) is 16.9 Å². The number of aromatic nitrogens is 2. The number of carbonyl (C=O) groups excluding carboxylic acids is 1. The van der Waals surface area contributed by atoms with E-state index in [1.807, 2.05) is 20.0 Å². The molecule has 1 aromatic heterocycles. The van der Waals surface area contributed by atoms with Crippen molar-refractivity contribution in [2.75, 3.05) is 6.54 Å². The number of halogens is 1. The number of rotatable bonds is 5. The average Bonchev–Trinajstić information content (AvgIpc) is 2.60. The van der Waals surface area contributed by atoms with Crippen LogP contribution in [0.3, 0.4) is 0 Å². The summed E-state index contributed by atoms with van der Waals surface area (Å²) in [5.74, 6) is 0.0341. The van der Waals surface area contributed by atoms with E-state index in [2.05, 4.69) is 26.3 Å². The fraction of sp³-hybridized carbons (Fsp3) is 0.600. The van der Waals surface area contributed by atoms with E-state index < -0.39 is 0 Å². The Bertz CT molecular complexity index is 324. The zero-order valence-corrected chi connectivity index (χ0v) is 10.6. The van der Waals surface area contributed by atoms with Gasteiger partial charge >= 0.3 is 0 Å². The molecule has 1 atom stereocenters. The normalized spacial score (nSPS) is 12.5. The van der Waals surface area contributed by atoms with Crippen molar-refractivity contribution in [2.24, 2.45) is 5.92 Å². The molecule has 0 aromatic carbocycles. The van der Waals surface area contributed by atoms with Crippen molar-refractivity contribution in [2.45, 2.75) is 26.8 Å². The molecule has 0 aliphatic carbocycles. The highest BCUT2D eigenvalue weighted by Gasteiger charge is 2.12. The summed E-state index contributed by atoms with van der Waals surface area (Å²) >= 11 is 3.32. The SMILES string of the molecule is CCCNC(=O)C(C)Cn1cc(Br)cn1. The number of carbonyl (C=O) groups is 1. The molecule has 1 rings (SSSR count). The van der Waals surface area contributed by atoms with Gasteiger partial charge in [-0.3, -0.25) is 9.48 Å². The number of amides is 1. The van der Waals surface area contributed by atoms with Crippen LogP contribution in [-0.2, 0) is 11.3 Å². The smallest absolute Gasteiger partial charge is 0.224 e. The summed E-state index contributed by atoms with van der Waals surface area (Å²) in [5, 5.41) is 6.98. The van der Waals surface area contributed by atoms with Crippen LogP contribution in [-0.4, -0.2) is 22.2 Å². The highest BCUT2D eigenvalue weighted by Crippen LogP contribution is 2.08. The molecule has 0 aliphatic rings. The van der Waals surface area contributed by atoms with E-state index in [9.17, 15) is 4.79 Å². The summed E-state index contributed by atoms with van der Waals surface area (Å²) in [6.07, 6.45) is 4.55. The van der Waals surface area contributed by atoms with Gasteiger partial charge in [0.05, 0.1) is 23.1 Å². The predicted molar refractivity (Wildman–Crippen MR) is 62.4 cm³/mol. The summed E-state index contributed by atoms with van der Waals surface area (Å²) in [7, 11) is 0. The van der Waals surface area contributed by atoms with Gasteiger partial charge in [0.1, 0.15) is 0 Å². The maximum absolute atomic E-state index is 11.5. The zero-order valence-electron chi connectivity index (χ0n) is 9.03. The van der Waals surface area contributed by atoms with E-state index in [-0.39, 0.29) is 11.8 Å². The van der Waals surface area contributed by atoms with Crippen molar-refractivity contribution in [1.29, 1.82) is 0 Å². The fourth-order valence-electron chi connectivity index (χ4n) is 1.22. The van der Waals surface area contributed by atoms with Gasteiger partial charge in [0, 0.05) is 12.7 Å². The molecule has 1 unspecified atom stereocenters.